The summed E-state index contributed by atoms with van der Waals surface area (Å²) in [7, 11) is 0. The zero-order valence-electron chi connectivity index (χ0n) is 14.6. The van der Waals surface area contributed by atoms with Crippen LogP contribution in [-0.4, -0.2) is 25.1 Å². The number of anilines is 1. The van der Waals surface area contributed by atoms with Crippen molar-refractivity contribution in [1.82, 2.24) is 0 Å². The summed E-state index contributed by atoms with van der Waals surface area (Å²) in [4.78, 5) is 22.6. The molecular weight excluding hydrogens is 348 g/mol. The molecule has 0 saturated carbocycles. The Morgan fingerprint density at radius 3 is 2.22 bits per heavy atom. The number of aliphatic carboxylic acids is 1. The van der Waals surface area contributed by atoms with Crippen LogP contribution in [0.25, 0.3) is 6.08 Å². The molecule has 0 saturated heterocycles. The molecule has 0 radical (unpaired) electrons. The van der Waals surface area contributed by atoms with Crippen molar-refractivity contribution in [2.75, 3.05) is 18.5 Å². The molecule has 0 atom stereocenters. The maximum Gasteiger partial charge on any atom is 0.266 e. The number of benzene rings is 2. The number of hydrogen-bond donors (Lipinski definition) is 1. The van der Waals surface area contributed by atoms with Gasteiger partial charge in [0.05, 0.1) is 12.6 Å². The molecule has 2 aromatic rings. The topological polar surface area (TPSA) is 111 Å². The van der Waals surface area contributed by atoms with Gasteiger partial charge in [-0.25, -0.2) is 0 Å². The summed E-state index contributed by atoms with van der Waals surface area (Å²) in [5.41, 5.74) is 1.05. The van der Waals surface area contributed by atoms with Crippen molar-refractivity contribution in [3.63, 3.8) is 0 Å². The molecule has 27 heavy (non-hydrogen) atoms. The van der Waals surface area contributed by atoms with Crippen LogP contribution in [0, 0.1) is 11.3 Å². The summed E-state index contributed by atoms with van der Waals surface area (Å²) in [6, 6.07) is 15.0. The van der Waals surface area contributed by atoms with E-state index in [1.807, 2.05) is 13.0 Å². The predicted molar refractivity (Wildman–Crippen MR) is 96.8 cm³/mol. The highest BCUT2D eigenvalue weighted by Gasteiger charge is 2.10. The third-order valence-corrected chi connectivity index (χ3v) is 3.34. The van der Waals surface area contributed by atoms with Gasteiger partial charge in [-0.2, -0.15) is 5.26 Å². The Labute approximate surface area is 156 Å². The van der Waals surface area contributed by atoms with Crippen molar-refractivity contribution in [2.45, 2.75) is 6.92 Å². The number of nitrogens with zero attached hydrogens (tertiary/aromatic N) is 1. The van der Waals surface area contributed by atoms with Gasteiger partial charge in [-0.05, 0) is 55.0 Å². The van der Waals surface area contributed by atoms with Gasteiger partial charge in [0.1, 0.15) is 29.7 Å². The van der Waals surface area contributed by atoms with Crippen LogP contribution in [0.3, 0.4) is 0 Å². The van der Waals surface area contributed by atoms with Gasteiger partial charge in [0.2, 0.25) is 0 Å². The second-order valence-electron chi connectivity index (χ2n) is 5.31. The van der Waals surface area contributed by atoms with Gasteiger partial charge in [0, 0.05) is 5.69 Å². The fourth-order valence-electron chi connectivity index (χ4n) is 2.12. The Balaban J connectivity index is 2.05. The van der Waals surface area contributed by atoms with Gasteiger partial charge < -0.3 is 24.7 Å². The van der Waals surface area contributed by atoms with Crippen LogP contribution in [0.4, 0.5) is 5.69 Å². The highest BCUT2D eigenvalue weighted by molar-refractivity contribution is 6.09. The largest absolute Gasteiger partial charge is 0.546 e. The molecule has 0 aromatic heterocycles. The third-order valence-electron chi connectivity index (χ3n) is 3.34. The quantitative estimate of drug-likeness (QED) is 0.564. The first-order valence-electron chi connectivity index (χ1n) is 8.10. The smallest absolute Gasteiger partial charge is 0.266 e. The zero-order chi connectivity index (χ0) is 19.6. The molecule has 0 aliphatic rings. The van der Waals surface area contributed by atoms with Crippen molar-refractivity contribution < 1.29 is 24.2 Å². The average Bonchev–Trinajstić information content (AvgIpc) is 2.67. The summed E-state index contributed by atoms with van der Waals surface area (Å²) >= 11 is 0. The molecule has 0 spiro atoms. The first kappa shape index (κ1) is 19.5. The maximum absolute atomic E-state index is 12.3. The van der Waals surface area contributed by atoms with Gasteiger partial charge >= 0.3 is 0 Å². The van der Waals surface area contributed by atoms with E-state index in [0.717, 1.165) is 0 Å². The highest BCUT2D eigenvalue weighted by Crippen LogP contribution is 2.18. The SMILES string of the molecule is CCOc1ccc(NC(=O)/C(C#N)=C/c2ccc(OCC(=O)[O-])cc2)cc1. The number of rotatable bonds is 8. The van der Waals surface area contributed by atoms with E-state index < -0.39 is 18.5 Å². The Morgan fingerprint density at radius 1 is 1.07 bits per heavy atom. The lowest BCUT2D eigenvalue weighted by atomic mass is 10.1. The van der Waals surface area contributed by atoms with E-state index in [-0.39, 0.29) is 5.57 Å². The number of carbonyl (C=O) groups excluding carboxylic acids is 2. The first-order valence-corrected chi connectivity index (χ1v) is 8.10. The van der Waals surface area contributed by atoms with Crippen molar-refractivity contribution in [1.29, 1.82) is 5.26 Å². The first-order chi connectivity index (χ1) is 13.0. The van der Waals surface area contributed by atoms with Crippen molar-refractivity contribution in [2.24, 2.45) is 0 Å². The van der Waals surface area contributed by atoms with Crippen LogP contribution < -0.4 is 19.9 Å². The minimum absolute atomic E-state index is 0.0766. The van der Waals surface area contributed by atoms with Crippen molar-refractivity contribution >= 4 is 23.6 Å². The second kappa shape index (κ2) is 9.63. The fraction of sp³-hybridized carbons (Fsp3) is 0.150. The monoisotopic (exact) mass is 365 g/mol. The summed E-state index contributed by atoms with van der Waals surface area (Å²) in [5, 5.41) is 22.3. The van der Waals surface area contributed by atoms with Crippen molar-refractivity contribution in [3.8, 4) is 17.6 Å². The van der Waals surface area contributed by atoms with Crippen LogP contribution in [-0.2, 0) is 9.59 Å². The number of carboxylic acids is 1. The number of hydrogen-bond acceptors (Lipinski definition) is 6. The lowest BCUT2D eigenvalue weighted by Crippen LogP contribution is -2.28. The number of nitrogens with one attached hydrogen (secondary N) is 1. The second-order valence-corrected chi connectivity index (χ2v) is 5.31. The summed E-state index contributed by atoms with van der Waals surface area (Å²) in [6.07, 6.45) is 1.42. The van der Waals surface area contributed by atoms with Gasteiger partial charge in [0.15, 0.2) is 0 Å². The van der Waals surface area contributed by atoms with Crippen LogP contribution in [0.1, 0.15) is 12.5 Å². The van der Waals surface area contributed by atoms with Crippen LogP contribution >= 0.6 is 0 Å². The zero-order valence-corrected chi connectivity index (χ0v) is 14.6. The van der Waals surface area contributed by atoms with Crippen LogP contribution in [0.15, 0.2) is 54.1 Å². The summed E-state index contributed by atoms with van der Waals surface area (Å²) in [5.74, 6) is -0.836. The molecular formula is C20H17N2O5-. The lowest BCUT2D eigenvalue weighted by Gasteiger charge is -2.07. The molecule has 0 aliphatic carbocycles. The van der Waals surface area contributed by atoms with E-state index in [4.69, 9.17) is 9.47 Å². The Kier molecular flexibility index (Phi) is 6.97. The Hall–Kier alpha value is -3.79. The maximum atomic E-state index is 12.3. The Bertz CT molecular complexity index is 865. The Morgan fingerprint density at radius 2 is 1.67 bits per heavy atom. The van der Waals surface area contributed by atoms with E-state index in [0.29, 0.717) is 29.4 Å². The molecule has 138 valence electrons. The average molecular weight is 365 g/mol. The minimum Gasteiger partial charge on any atom is -0.546 e. The fourth-order valence-corrected chi connectivity index (χ4v) is 2.12. The van der Waals surface area contributed by atoms with E-state index in [9.17, 15) is 20.0 Å². The molecule has 0 unspecified atom stereocenters. The van der Waals surface area contributed by atoms with E-state index in [1.54, 1.807) is 36.4 Å². The van der Waals surface area contributed by atoms with Crippen molar-refractivity contribution in [3.05, 3.63) is 59.7 Å². The van der Waals surface area contributed by atoms with Gasteiger partial charge in [-0.3, -0.25) is 4.79 Å². The summed E-state index contributed by atoms with van der Waals surface area (Å²) in [6.45, 7) is 1.87. The molecule has 0 aliphatic heterocycles. The number of amides is 1. The number of ether oxygens (including phenoxy) is 2. The van der Waals surface area contributed by atoms with Gasteiger partial charge in [-0.1, -0.05) is 12.1 Å². The van der Waals surface area contributed by atoms with Gasteiger partial charge in [0.25, 0.3) is 5.91 Å². The van der Waals surface area contributed by atoms with Crippen LogP contribution in [0.5, 0.6) is 11.5 Å². The third kappa shape index (κ3) is 6.21. The number of carbonyl (C=O) groups is 2. The molecule has 0 heterocycles. The summed E-state index contributed by atoms with van der Waals surface area (Å²) < 4.78 is 10.3. The molecule has 1 amide bonds. The molecule has 7 nitrogen and oxygen atoms in total. The van der Waals surface area contributed by atoms with Gasteiger partial charge in [-0.15, -0.1) is 0 Å². The van der Waals surface area contributed by atoms with E-state index in [1.165, 1.54) is 18.2 Å². The predicted octanol–water partition coefficient (Wildman–Crippen LogP) is 1.76. The molecule has 0 bridgehead atoms. The molecule has 1 N–H and O–H groups in total. The lowest BCUT2D eigenvalue weighted by molar-refractivity contribution is -0.307. The van der Waals surface area contributed by atoms with Crippen LogP contribution in [0.2, 0.25) is 0 Å². The van der Waals surface area contributed by atoms with E-state index >= 15 is 0 Å². The molecule has 7 heteroatoms. The van der Waals surface area contributed by atoms with E-state index in [2.05, 4.69) is 5.32 Å². The molecule has 0 fully saturated rings. The minimum atomic E-state index is -1.32. The number of carboxylic acid groups (broad SMARTS) is 1. The number of nitriles is 1. The standard InChI is InChI=1S/C20H18N2O5/c1-2-26-17-9-5-16(6-10-17)22-20(25)15(12-21)11-14-3-7-18(8-4-14)27-13-19(23)24/h3-11H,2,13H2,1H3,(H,22,25)(H,23,24)/p-1/b15-11+. The normalized spacial score (nSPS) is 10.6. The molecule has 2 aromatic carbocycles. The molecule has 2 rings (SSSR count). The highest BCUT2D eigenvalue weighted by atomic mass is 16.5.